The van der Waals surface area contributed by atoms with Crippen molar-refractivity contribution in [2.75, 3.05) is 12.3 Å². The van der Waals surface area contributed by atoms with Crippen LogP contribution in [-0.4, -0.2) is 20.7 Å². The fraction of sp³-hybridized carbons (Fsp3) is 0.286. The Morgan fingerprint density at radius 1 is 1.15 bits per heavy atom. The van der Waals surface area contributed by atoms with Crippen LogP contribution in [0.3, 0.4) is 0 Å². The van der Waals surface area contributed by atoms with Gasteiger partial charge < -0.3 is 5.32 Å². The number of thiophene rings is 1. The van der Waals surface area contributed by atoms with Crippen LogP contribution in [0, 0.1) is 0 Å². The Kier molecular flexibility index (Phi) is 5.31. The van der Waals surface area contributed by atoms with Crippen LogP contribution in [0.25, 0.3) is 11.1 Å². The van der Waals surface area contributed by atoms with E-state index in [2.05, 4.69) is 28.9 Å². The van der Waals surface area contributed by atoms with Crippen molar-refractivity contribution in [1.82, 2.24) is 5.32 Å². The zero-order valence-corrected chi connectivity index (χ0v) is 12.7. The van der Waals surface area contributed by atoms with Gasteiger partial charge in [0.25, 0.3) is 0 Å². The molecule has 0 atom stereocenters. The molecule has 2 rings (SSSR count). The first-order valence-corrected chi connectivity index (χ1v) is 8.98. The number of primary sulfonamides is 1. The molecule has 2 aromatic rings. The van der Waals surface area contributed by atoms with E-state index in [9.17, 15) is 8.42 Å². The molecule has 0 saturated heterocycles. The zero-order valence-electron chi connectivity index (χ0n) is 11.1. The van der Waals surface area contributed by atoms with E-state index in [1.54, 1.807) is 11.3 Å². The standard InChI is InChI=1S/C14H18N2O2S2/c15-20(17,18)8-4-7-16-10-14-9-13(11-19-14)12-5-2-1-3-6-12/h1-3,5-6,9,11,16H,4,7-8,10H2,(H2,15,17,18). The molecule has 20 heavy (non-hydrogen) atoms. The summed E-state index contributed by atoms with van der Waals surface area (Å²) in [5.41, 5.74) is 2.43. The van der Waals surface area contributed by atoms with E-state index < -0.39 is 10.0 Å². The molecule has 0 aliphatic rings. The van der Waals surface area contributed by atoms with Gasteiger partial charge in [-0.1, -0.05) is 30.3 Å². The molecule has 4 nitrogen and oxygen atoms in total. The number of benzene rings is 1. The Hall–Kier alpha value is -1.21. The van der Waals surface area contributed by atoms with Crippen molar-refractivity contribution in [2.45, 2.75) is 13.0 Å². The van der Waals surface area contributed by atoms with Crippen molar-refractivity contribution < 1.29 is 8.42 Å². The summed E-state index contributed by atoms with van der Waals surface area (Å²) in [5.74, 6) is 0.0275. The van der Waals surface area contributed by atoms with Crippen molar-refractivity contribution in [3.8, 4) is 11.1 Å². The van der Waals surface area contributed by atoms with Gasteiger partial charge in [-0.05, 0) is 35.5 Å². The fourth-order valence-electron chi connectivity index (χ4n) is 1.87. The van der Waals surface area contributed by atoms with Gasteiger partial charge in [-0.2, -0.15) is 0 Å². The van der Waals surface area contributed by atoms with Crippen molar-refractivity contribution in [2.24, 2.45) is 5.14 Å². The molecule has 0 saturated carbocycles. The van der Waals surface area contributed by atoms with Crippen LogP contribution in [0.4, 0.5) is 0 Å². The Balaban J connectivity index is 1.79. The minimum Gasteiger partial charge on any atom is -0.312 e. The van der Waals surface area contributed by atoms with E-state index in [-0.39, 0.29) is 5.75 Å². The first-order chi connectivity index (χ1) is 9.54. The number of rotatable bonds is 7. The van der Waals surface area contributed by atoms with Crippen molar-refractivity contribution in [1.29, 1.82) is 0 Å². The van der Waals surface area contributed by atoms with Gasteiger partial charge in [-0.15, -0.1) is 11.3 Å². The van der Waals surface area contributed by atoms with E-state index in [4.69, 9.17) is 5.14 Å². The summed E-state index contributed by atoms with van der Waals surface area (Å²) in [6, 6.07) is 12.4. The lowest BCUT2D eigenvalue weighted by Crippen LogP contribution is -2.21. The van der Waals surface area contributed by atoms with Gasteiger partial charge in [-0.3, -0.25) is 0 Å². The number of hydrogen-bond donors (Lipinski definition) is 2. The predicted octanol–water partition coefficient (Wildman–Crippen LogP) is 2.18. The van der Waals surface area contributed by atoms with Gasteiger partial charge in [0.2, 0.25) is 10.0 Å². The van der Waals surface area contributed by atoms with Crippen LogP contribution in [0.1, 0.15) is 11.3 Å². The predicted molar refractivity (Wildman–Crippen MR) is 84.1 cm³/mol. The molecule has 0 radical (unpaired) electrons. The summed E-state index contributed by atoms with van der Waals surface area (Å²) in [7, 11) is -3.34. The van der Waals surface area contributed by atoms with Crippen LogP contribution >= 0.6 is 11.3 Å². The summed E-state index contributed by atoms with van der Waals surface area (Å²) in [5, 5.41) is 10.3. The third-order valence-electron chi connectivity index (χ3n) is 2.84. The molecule has 1 heterocycles. The van der Waals surface area contributed by atoms with Crippen molar-refractivity contribution in [3.05, 3.63) is 46.7 Å². The molecule has 1 aromatic carbocycles. The zero-order chi connectivity index (χ0) is 14.4. The first kappa shape index (κ1) is 15.2. The SMILES string of the molecule is NS(=O)(=O)CCCNCc1cc(-c2ccccc2)cs1. The molecule has 0 unspecified atom stereocenters. The molecule has 0 aliphatic carbocycles. The lowest BCUT2D eigenvalue weighted by Gasteiger charge is -2.02. The summed E-state index contributed by atoms with van der Waals surface area (Å²) in [6.07, 6.45) is 0.537. The van der Waals surface area contributed by atoms with Crippen LogP contribution in [0.2, 0.25) is 0 Å². The maximum atomic E-state index is 10.8. The Morgan fingerprint density at radius 2 is 1.90 bits per heavy atom. The molecule has 0 fully saturated rings. The van der Waals surface area contributed by atoms with Crippen LogP contribution < -0.4 is 10.5 Å². The molecule has 1 aromatic heterocycles. The molecule has 0 bridgehead atoms. The molecule has 3 N–H and O–H groups in total. The summed E-state index contributed by atoms with van der Waals surface area (Å²) in [4.78, 5) is 1.24. The highest BCUT2D eigenvalue weighted by Crippen LogP contribution is 2.25. The van der Waals surface area contributed by atoms with Gasteiger partial charge in [0.05, 0.1) is 5.75 Å². The second-order valence-corrected chi connectivity index (χ2v) is 7.29. The molecule has 0 amide bonds. The van der Waals surface area contributed by atoms with E-state index in [1.807, 2.05) is 18.2 Å². The number of sulfonamides is 1. The Bertz CT molecular complexity index is 636. The van der Waals surface area contributed by atoms with Crippen molar-refractivity contribution in [3.63, 3.8) is 0 Å². The third kappa shape index (κ3) is 5.05. The maximum absolute atomic E-state index is 10.8. The smallest absolute Gasteiger partial charge is 0.209 e. The summed E-state index contributed by atoms with van der Waals surface area (Å²) in [6.45, 7) is 1.40. The second kappa shape index (κ2) is 6.99. The molecular weight excluding hydrogens is 292 g/mol. The molecule has 6 heteroatoms. The van der Waals surface area contributed by atoms with E-state index in [0.717, 1.165) is 6.54 Å². The highest BCUT2D eigenvalue weighted by Gasteiger charge is 2.03. The average molecular weight is 310 g/mol. The minimum atomic E-state index is -3.34. The number of nitrogens with one attached hydrogen (secondary N) is 1. The third-order valence-corrected chi connectivity index (χ3v) is 4.64. The number of hydrogen-bond acceptors (Lipinski definition) is 4. The quantitative estimate of drug-likeness (QED) is 0.770. The van der Waals surface area contributed by atoms with E-state index in [0.29, 0.717) is 13.0 Å². The normalized spacial score (nSPS) is 11.7. The molecule has 0 aliphatic heterocycles. The highest BCUT2D eigenvalue weighted by atomic mass is 32.2. The Morgan fingerprint density at radius 3 is 2.60 bits per heavy atom. The lowest BCUT2D eigenvalue weighted by atomic mass is 10.1. The molecule has 108 valence electrons. The second-order valence-electron chi connectivity index (χ2n) is 4.57. The largest absolute Gasteiger partial charge is 0.312 e. The van der Waals surface area contributed by atoms with Crippen molar-refractivity contribution >= 4 is 21.4 Å². The average Bonchev–Trinajstić information content (AvgIpc) is 2.87. The van der Waals surface area contributed by atoms with E-state index in [1.165, 1.54) is 16.0 Å². The van der Waals surface area contributed by atoms with Gasteiger partial charge in [0, 0.05) is 11.4 Å². The summed E-state index contributed by atoms with van der Waals surface area (Å²) < 4.78 is 21.6. The fourth-order valence-corrected chi connectivity index (χ4v) is 3.27. The first-order valence-electron chi connectivity index (χ1n) is 6.38. The molecular formula is C14H18N2O2S2. The van der Waals surface area contributed by atoms with Gasteiger partial charge in [0.1, 0.15) is 0 Å². The lowest BCUT2D eigenvalue weighted by molar-refractivity contribution is 0.590. The Labute approximate surface area is 123 Å². The van der Waals surface area contributed by atoms with Gasteiger partial charge >= 0.3 is 0 Å². The van der Waals surface area contributed by atoms with Crippen LogP contribution in [0.15, 0.2) is 41.8 Å². The van der Waals surface area contributed by atoms with Crippen LogP contribution in [0.5, 0.6) is 0 Å². The topological polar surface area (TPSA) is 72.2 Å². The monoisotopic (exact) mass is 310 g/mol. The van der Waals surface area contributed by atoms with Crippen LogP contribution in [-0.2, 0) is 16.6 Å². The molecule has 0 spiro atoms. The highest BCUT2D eigenvalue weighted by molar-refractivity contribution is 7.89. The van der Waals surface area contributed by atoms with Gasteiger partial charge in [0.15, 0.2) is 0 Å². The summed E-state index contributed by atoms with van der Waals surface area (Å²) >= 11 is 1.70. The van der Waals surface area contributed by atoms with Gasteiger partial charge in [-0.25, -0.2) is 13.6 Å². The number of nitrogens with two attached hydrogens (primary N) is 1. The van der Waals surface area contributed by atoms with E-state index >= 15 is 0 Å². The minimum absolute atomic E-state index is 0.0275. The maximum Gasteiger partial charge on any atom is 0.209 e.